The highest BCUT2D eigenvalue weighted by Gasteiger charge is 2.34. The molecule has 2 heterocycles. The van der Waals surface area contributed by atoms with Crippen LogP contribution in [0.4, 0.5) is 0 Å². The first-order valence-corrected chi connectivity index (χ1v) is 18.1. The van der Waals surface area contributed by atoms with Crippen molar-refractivity contribution >= 4 is 49.9 Å². The van der Waals surface area contributed by atoms with Crippen LogP contribution in [0.25, 0.3) is 71.7 Å². The van der Waals surface area contributed by atoms with Crippen LogP contribution in [0.2, 0.25) is 0 Å². The SMILES string of the molecule is Cc1nc2c3ccccc3c3ccccc3c2nc1-c1cccc(-c2ccc(-c3ccc(C4C=CC=C5c6ccccc6SC54)cc3)cc2)c1. The van der Waals surface area contributed by atoms with E-state index in [4.69, 9.17) is 9.97 Å². The van der Waals surface area contributed by atoms with Crippen LogP contribution < -0.4 is 0 Å². The molecular weight excluding hydrogens is 625 g/mol. The fourth-order valence-corrected chi connectivity index (χ4v) is 9.37. The predicted octanol–water partition coefficient (Wildman–Crippen LogP) is 12.5. The van der Waals surface area contributed by atoms with Crippen LogP contribution >= 0.6 is 11.8 Å². The third-order valence-corrected chi connectivity index (χ3v) is 11.8. The van der Waals surface area contributed by atoms with E-state index in [1.807, 2.05) is 11.8 Å². The molecule has 0 saturated carbocycles. The van der Waals surface area contributed by atoms with Crippen molar-refractivity contribution in [3.8, 4) is 33.5 Å². The lowest BCUT2D eigenvalue weighted by Gasteiger charge is -2.24. The third-order valence-electron chi connectivity index (χ3n) is 10.4. The quantitative estimate of drug-likeness (QED) is 0.176. The fraction of sp³-hybridized carbons (Fsp3) is 0.0638. The fourth-order valence-electron chi connectivity index (χ4n) is 7.89. The summed E-state index contributed by atoms with van der Waals surface area (Å²) in [5.74, 6) is 0.366. The van der Waals surface area contributed by atoms with Gasteiger partial charge in [0.2, 0.25) is 0 Å². The Morgan fingerprint density at radius 1 is 0.520 bits per heavy atom. The lowest BCUT2D eigenvalue weighted by atomic mass is 9.85. The zero-order chi connectivity index (χ0) is 33.2. The minimum absolute atomic E-state index is 0.366. The van der Waals surface area contributed by atoms with Gasteiger partial charge in [0, 0.05) is 32.4 Å². The van der Waals surface area contributed by atoms with E-state index in [9.17, 15) is 0 Å². The second kappa shape index (κ2) is 11.7. The Labute approximate surface area is 295 Å². The minimum atomic E-state index is 0.366. The number of benzene rings is 7. The first-order valence-electron chi connectivity index (χ1n) is 17.2. The number of nitrogens with zero attached hydrogens (tertiary/aromatic N) is 2. The molecule has 1 aromatic heterocycles. The summed E-state index contributed by atoms with van der Waals surface area (Å²) >= 11 is 2.00. The van der Waals surface area contributed by atoms with Gasteiger partial charge in [-0.1, -0.05) is 152 Å². The molecule has 2 aliphatic rings. The van der Waals surface area contributed by atoms with E-state index in [0.29, 0.717) is 11.2 Å². The summed E-state index contributed by atoms with van der Waals surface area (Å²) in [6.07, 6.45) is 6.89. The molecule has 0 fully saturated rings. The number of hydrogen-bond donors (Lipinski definition) is 0. The van der Waals surface area contributed by atoms with E-state index in [0.717, 1.165) is 44.3 Å². The number of fused-ring (bicyclic) bond motifs is 9. The Balaban J connectivity index is 0.942. The molecule has 0 N–H and O–H groups in total. The van der Waals surface area contributed by atoms with E-state index in [1.165, 1.54) is 49.1 Å². The van der Waals surface area contributed by atoms with Gasteiger partial charge >= 0.3 is 0 Å². The lowest BCUT2D eigenvalue weighted by molar-refractivity contribution is 0.891. The van der Waals surface area contributed by atoms with E-state index < -0.39 is 0 Å². The molecular formula is C47H32N2S. The molecule has 0 saturated heterocycles. The second-order valence-electron chi connectivity index (χ2n) is 13.3. The first kappa shape index (κ1) is 29.2. The van der Waals surface area contributed by atoms with Gasteiger partial charge in [-0.25, -0.2) is 9.97 Å². The average molecular weight is 657 g/mol. The zero-order valence-electron chi connectivity index (χ0n) is 27.5. The molecule has 3 heteroatoms. The lowest BCUT2D eigenvalue weighted by Crippen LogP contribution is -2.14. The van der Waals surface area contributed by atoms with E-state index >= 15 is 0 Å². The van der Waals surface area contributed by atoms with Gasteiger partial charge in [0.05, 0.1) is 22.4 Å². The van der Waals surface area contributed by atoms with Gasteiger partial charge in [-0.3, -0.25) is 0 Å². The van der Waals surface area contributed by atoms with Gasteiger partial charge in [0.25, 0.3) is 0 Å². The molecule has 8 aromatic rings. The minimum Gasteiger partial charge on any atom is -0.249 e. The molecule has 0 amide bonds. The largest absolute Gasteiger partial charge is 0.249 e. The van der Waals surface area contributed by atoms with Gasteiger partial charge in [-0.2, -0.15) is 0 Å². The van der Waals surface area contributed by atoms with Crippen LogP contribution in [0.15, 0.2) is 169 Å². The Bertz CT molecular complexity index is 2690. The number of allylic oxidation sites excluding steroid dienone is 3. The van der Waals surface area contributed by atoms with Crippen LogP contribution in [0, 0.1) is 6.92 Å². The van der Waals surface area contributed by atoms with Crippen molar-refractivity contribution in [1.82, 2.24) is 9.97 Å². The Morgan fingerprint density at radius 3 is 1.82 bits per heavy atom. The predicted molar refractivity (Wildman–Crippen MR) is 212 cm³/mol. The van der Waals surface area contributed by atoms with Crippen molar-refractivity contribution in [2.24, 2.45) is 0 Å². The third kappa shape index (κ3) is 4.73. The Hall–Kier alpha value is -5.77. The molecule has 2 nitrogen and oxygen atoms in total. The van der Waals surface area contributed by atoms with Crippen LogP contribution in [0.5, 0.6) is 0 Å². The maximum atomic E-state index is 5.31. The molecule has 2 unspecified atom stereocenters. The van der Waals surface area contributed by atoms with Gasteiger partial charge in [-0.05, 0) is 68.8 Å². The smallest absolute Gasteiger partial charge is 0.0979 e. The van der Waals surface area contributed by atoms with Gasteiger partial charge in [0.15, 0.2) is 0 Å². The number of rotatable bonds is 4. The summed E-state index contributed by atoms with van der Waals surface area (Å²) in [5, 5.41) is 5.13. The summed E-state index contributed by atoms with van der Waals surface area (Å²) in [5.41, 5.74) is 13.8. The highest BCUT2D eigenvalue weighted by Crippen LogP contribution is 2.52. The summed E-state index contributed by atoms with van der Waals surface area (Å²) in [6, 6.07) is 52.7. The molecule has 2 atom stereocenters. The van der Waals surface area contributed by atoms with Gasteiger partial charge in [0.1, 0.15) is 0 Å². The maximum absolute atomic E-state index is 5.31. The zero-order valence-corrected chi connectivity index (χ0v) is 28.4. The van der Waals surface area contributed by atoms with Crippen LogP contribution in [-0.2, 0) is 0 Å². The maximum Gasteiger partial charge on any atom is 0.0979 e. The molecule has 7 aromatic carbocycles. The van der Waals surface area contributed by atoms with Crippen molar-refractivity contribution in [2.45, 2.75) is 23.0 Å². The molecule has 1 aliphatic carbocycles. The number of aromatic nitrogens is 2. The number of aryl methyl sites for hydroxylation is 1. The Kier molecular flexibility index (Phi) is 6.82. The van der Waals surface area contributed by atoms with E-state index in [1.54, 1.807) is 0 Å². The average Bonchev–Trinajstić information content (AvgIpc) is 3.57. The van der Waals surface area contributed by atoms with E-state index in [2.05, 4.69) is 171 Å². The molecule has 236 valence electrons. The van der Waals surface area contributed by atoms with Crippen LogP contribution in [-0.4, -0.2) is 15.2 Å². The summed E-state index contributed by atoms with van der Waals surface area (Å²) in [6.45, 7) is 2.07. The highest BCUT2D eigenvalue weighted by molar-refractivity contribution is 8.01. The topological polar surface area (TPSA) is 25.8 Å². The van der Waals surface area contributed by atoms with Gasteiger partial charge < -0.3 is 0 Å². The second-order valence-corrected chi connectivity index (χ2v) is 14.5. The highest BCUT2D eigenvalue weighted by atomic mass is 32.2. The van der Waals surface area contributed by atoms with Crippen LogP contribution in [0.1, 0.15) is 22.7 Å². The number of thioether (sulfide) groups is 1. The van der Waals surface area contributed by atoms with Gasteiger partial charge in [-0.15, -0.1) is 11.8 Å². The molecule has 0 spiro atoms. The van der Waals surface area contributed by atoms with Crippen molar-refractivity contribution in [2.75, 3.05) is 0 Å². The molecule has 0 radical (unpaired) electrons. The van der Waals surface area contributed by atoms with Crippen molar-refractivity contribution in [3.05, 3.63) is 181 Å². The number of hydrogen-bond acceptors (Lipinski definition) is 3. The van der Waals surface area contributed by atoms with Crippen molar-refractivity contribution in [3.63, 3.8) is 0 Å². The van der Waals surface area contributed by atoms with E-state index in [-0.39, 0.29) is 0 Å². The molecule has 0 bridgehead atoms. The summed E-state index contributed by atoms with van der Waals surface area (Å²) in [7, 11) is 0. The molecule has 10 rings (SSSR count). The summed E-state index contributed by atoms with van der Waals surface area (Å²) < 4.78 is 0. The van der Waals surface area contributed by atoms with Crippen molar-refractivity contribution < 1.29 is 0 Å². The summed E-state index contributed by atoms with van der Waals surface area (Å²) in [4.78, 5) is 11.9. The molecule has 50 heavy (non-hydrogen) atoms. The molecule has 1 aliphatic heterocycles. The monoisotopic (exact) mass is 656 g/mol. The first-order chi connectivity index (χ1) is 24.7. The Morgan fingerprint density at radius 2 is 1.10 bits per heavy atom. The normalized spacial score (nSPS) is 16.5. The van der Waals surface area contributed by atoms with Crippen LogP contribution in [0.3, 0.4) is 0 Å². The standard InChI is InChI=1S/C47H32N2S/c1-29-44(49-46-41-16-5-3-13-38(41)37-12-2-4-15-40(37)45(46)48-29)35-11-8-10-34(28-35)32-22-20-30(21-23-32)31-24-26-33(27-25-31)36-17-9-18-42-39-14-6-7-19-43(39)50-47(36)42/h2-28,36,47H,1H3. The van der Waals surface area contributed by atoms with Crippen molar-refractivity contribution in [1.29, 1.82) is 0 Å².